The fraction of sp³-hybridized carbons (Fsp3) is 0.229. The summed E-state index contributed by atoms with van der Waals surface area (Å²) in [7, 11) is 0. The van der Waals surface area contributed by atoms with Gasteiger partial charge >= 0.3 is 0 Å². The van der Waals surface area contributed by atoms with Gasteiger partial charge in [-0.3, -0.25) is 19.1 Å². The molecule has 0 spiro atoms. The molecule has 7 nitrogen and oxygen atoms in total. The molecule has 2 heterocycles. The van der Waals surface area contributed by atoms with Gasteiger partial charge in [0.25, 0.3) is 11.5 Å². The molecule has 6 rings (SSSR count). The van der Waals surface area contributed by atoms with E-state index in [-0.39, 0.29) is 17.5 Å². The van der Waals surface area contributed by atoms with Crippen LogP contribution in [0.15, 0.2) is 108 Å². The van der Waals surface area contributed by atoms with Crippen LogP contribution in [0.3, 0.4) is 0 Å². The van der Waals surface area contributed by atoms with Gasteiger partial charge in [0.05, 0.1) is 29.2 Å². The fourth-order valence-corrected chi connectivity index (χ4v) is 5.68. The van der Waals surface area contributed by atoms with Crippen molar-refractivity contribution < 1.29 is 9.53 Å². The van der Waals surface area contributed by atoms with E-state index in [1.54, 1.807) is 4.57 Å². The second kappa shape index (κ2) is 12.0. The van der Waals surface area contributed by atoms with Crippen molar-refractivity contribution in [1.82, 2.24) is 19.4 Å². The number of rotatable bonds is 7. The van der Waals surface area contributed by atoms with Crippen LogP contribution >= 0.6 is 0 Å². The van der Waals surface area contributed by atoms with E-state index in [0.717, 1.165) is 11.1 Å². The quantitative estimate of drug-likeness (QED) is 0.246. The zero-order valence-corrected chi connectivity index (χ0v) is 23.9. The van der Waals surface area contributed by atoms with Crippen LogP contribution in [0, 0.1) is 0 Å². The highest BCUT2D eigenvalue weighted by Crippen LogP contribution is 2.28. The van der Waals surface area contributed by atoms with E-state index in [0.29, 0.717) is 66.5 Å². The highest BCUT2D eigenvalue weighted by molar-refractivity contribution is 5.94. The summed E-state index contributed by atoms with van der Waals surface area (Å²) in [6, 6.07) is 32.9. The first-order chi connectivity index (χ1) is 20.5. The SMILES string of the molecule is CCOc1ccccc1-n1c(C(C)N2CCN(C(=O)c3ccc(-c4ccccc4)cc3)CC2)nc2ccccc2c1=O. The number of fused-ring (bicyclic) bond motifs is 1. The predicted octanol–water partition coefficient (Wildman–Crippen LogP) is 5.97. The van der Waals surface area contributed by atoms with Crippen LogP contribution in [0.5, 0.6) is 5.75 Å². The molecule has 0 aliphatic carbocycles. The van der Waals surface area contributed by atoms with Crippen LogP contribution in [-0.2, 0) is 0 Å². The van der Waals surface area contributed by atoms with E-state index >= 15 is 0 Å². The summed E-state index contributed by atoms with van der Waals surface area (Å²) in [5.41, 5.74) is 4.13. The lowest BCUT2D eigenvalue weighted by Crippen LogP contribution is -2.50. The Morgan fingerprint density at radius 1 is 0.810 bits per heavy atom. The summed E-state index contributed by atoms with van der Waals surface area (Å²) in [6.07, 6.45) is 0. The molecule has 1 aliphatic rings. The number of hydrogen-bond donors (Lipinski definition) is 0. The number of benzene rings is 4. The first-order valence-electron chi connectivity index (χ1n) is 14.5. The Morgan fingerprint density at radius 2 is 1.45 bits per heavy atom. The highest BCUT2D eigenvalue weighted by atomic mass is 16.5. The van der Waals surface area contributed by atoms with Gasteiger partial charge < -0.3 is 9.64 Å². The molecule has 1 fully saturated rings. The zero-order chi connectivity index (χ0) is 29.1. The van der Waals surface area contributed by atoms with Gasteiger partial charge in [-0.1, -0.05) is 66.7 Å². The maximum atomic E-state index is 13.9. The van der Waals surface area contributed by atoms with E-state index in [1.807, 2.05) is 103 Å². The Morgan fingerprint density at radius 3 is 2.19 bits per heavy atom. The largest absolute Gasteiger partial charge is 0.492 e. The molecule has 42 heavy (non-hydrogen) atoms. The summed E-state index contributed by atoms with van der Waals surface area (Å²) in [5.74, 6) is 1.33. The first kappa shape index (κ1) is 27.4. The minimum absolute atomic E-state index is 0.0355. The van der Waals surface area contributed by atoms with Gasteiger partial charge in [0.1, 0.15) is 11.6 Å². The lowest BCUT2D eigenvalue weighted by atomic mass is 10.0. The maximum Gasteiger partial charge on any atom is 0.266 e. The molecule has 0 bridgehead atoms. The van der Waals surface area contributed by atoms with Crippen molar-refractivity contribution in [3.8, 4) is 22.6 Å². The average Bonchev–Trinajstić information content (AvgIpc) is 3.05. The molecule has 1 aromatic heterocycles. The van der Waals surface area contributed by atoms with Crippen LogP contribution in [-0.4, -0.2) is 58.0 Å². The Hall–Kier alpha value is -4.75. The molecule has 1 amide bonds. The van der Waals surface area contributed by atoms with Crippen molar-refractivity contribution in [3.63, 3.8) is 0 Å². The van der Waals surface area contributed by atoms with Crippen molar-refractivity contribution in [2.75, 3.05) is 32.8 Å². The van der Waals surface area contributed by atoms with Gasteiger partial charge in [-0.05, 0) is 61.4 Å². The van der Waals surface area contributed by atoms with Gasteiger partial charge in [-0.2, -0.15) is 0 Å². The summed E-state index contributed by atoms with van der Waals surface area (Å²) in [5, 5.41) is 0.563. The molecule has 1 unspecified atom stereocenters. The fourth-order valence-electron chi connectivity index (χ4n) is 5.68. The predicted molar refractivity (Wildman–Crippen MR) is 166 cm³/mol. The van der Waals surface area contributed by atoms with E-state index in [2.05, 4.69) is 24.0 Å². The van der Waals surface area contributed by atoms with Crippen molar-refractivity contribution in [2.45, 2.75) is 19.9 Å². The molecule has 1 saturated heterocycles. The molecule has 1 atom stereocenters. The minimum atomic E-state index is -0.167. The van der Waals surface area contributed by atoms with Gasteiger partial charge in [0.2, 0.25) is 0 Å². The number of para-hydroxylation sites is 3. The lowest BCUT2D eigenvalue weighted by molar-refractivity contribution is 0.0573. The number of amides is 1. The number of aromatic nitrogens is 2. The molecular weight excluding hydrogens is 524 g/mol. The molecule has 5 aromatic rings. The molecule has 0 N–H and O–H groups in total. The van der Waals surface area contributed by atoms with Crippen LogP contribution in [0.4, 0.5) is 0 Å². The molecule has 0 radical (unpaired) electrons. The van der Waals surface area contributed by atoms with Crippen molar-refractivity contribution in [2.24, 2.45) is 0 Å². The first-order valence-corrected chi connectivity index (χ1v) is 14.5. The van der Waals surface area contributed by atoms with Gasteiger partial charge in [-0.15, -0.1) is 0 Å². The van der Waals surface area contributed by atoms with E-state index < -0.39 is 0 Å². The number of hydrogen-bond acceptors (Lipinski definition) is 5. The Balaban J connectivity index is 1.24. The smallest absolute Gasteiger partial charge is 0.266 e. The zero-order valence-electron chi connectivity index (χ0n) is 23.9. The second-order valence-corrected chi connectivity index (χ2v) is 10.5. The second-order valence-electron chi connectivity index (χ2n) is 10.5. The molecular formula is C35H34N4O3. The molecule has 212 valence electrons. The third-order valence-corrected chi connectivity index (χ3v) is 7.97. The molecule has 7 heteroatoms. The van der Waals surface area contributed by atoms with Crippen molar-refractivity contribution >= 4 is 16.8 Å². The van der Waals surface area contributed by atoms with Crippen LogP contribution < -0.4 is 10.3 Å². The summed E-state index contributed by atoms with van der Waals surface area (Å²) < 4.78 is 7.61. The number of carbonyl (C=O) groups excluding carboxylic acids is 1. The molecule has 1 aliphatic heterocycles. The van der Waals surface area contributed by atoms with Crippen molar-refractivity contribution in [1.29, 1.82) is 0 Å². The van der Waals surface area contributed by atoms with Crippen LogP contribution in [0.1, 0.15) is 36.1 Å². The Labute approximate surface area is 245 Å². The number of carbonyl (C=O) groups is 1. The highest BCUT2D eigenvalue weighted by Gasteiger charge is 2.29. The van der Waals surface area contributed by atoms with Crippen LogP contribution in [0.25, 0.3) is 27.7 Å². The van der Waals surface area contributed by atoms with Gasteiger partial charge in [0.15, 0.2) is 0 Å². The number of nitrogens with zero attached hydrogens (tertiary/aromatic N) is 4. The minimum Gasteiger partial charge on any atom is -0.492 e. The summed E-state index contributed by atoms with van der Waals surface area (Å²) in [6.45, 7) is 7.03. The molecule has 4 aromatic carbocycles. The number of piperazine rings is 1. The molecule has 0 saturated carbocycles. The maximum absolute atomic E-state index is 13.9. The average molecular weight is 559 g/mol. The lowest BCUT2D eigenvalue weighted by Gasteiger charge is -2.38. The monoisotopic (exact) mass is 558 g/mol. The van der Waals surface area contributed by atoms with Crippen molar-refractivity contribution in [3.05, 3.63) is 125 Å². The normalized spacial score (nSPS) is 14.6. The van der Waals surface area contributed by atoms with E-state index in [9.17, 15) is 9.59 Å². The Kier molecular flexibility index (Phi) is 7.84. The third-order valence-electron chi connectivity index (χ3n) is 7.97. The van der Waals surface area contributed by atoms with Gasteiger partial charge in [-0.25, -0.2) is 4.98 Å². The van der Waals surface area contributed by atoms with E-state index in [1.165, 1.54) is 0 Å². The summed E-state index contributed by atoms with van der Waals surface area (Å²) in [4.78, 5) is 36.5. The van der Waals surface area contributed by atoms with Gasteiger partial charge in [0, 0.05) is 31.7 Å². The Bertz CT molecular complexity index is 1760. The standard InChI is InChI=1S/C35H34N4O3/c1-3-42-32-16-10-9-15-31(32)39-33(36-30-14-8-7-13-29(30)35(39)41)25(2)37-21-23-38(24-22-37)34(40)28-19-17-27(18-20-28)26-11-5-4-6-12-26/h4-20,25H,3,21-24H2,1-2H3. The third kappa shape index (κ3) is 5.31. The number of ether oxygens (including phenoxy) is 1. The topological polar surface area (TPSA) is 67.7 Å². The summed E-state index contributed by atoms with van der Waals surface area (Å²) >= 11 is 0. The van der Waals surface area contributed by atoms with Crippen LogP contribution in [0.2, 0.25) is 0 Å². The van der Waals surface area contributed by atoms with E-state index in [4.69, 9.17) is 9.72 Å².